The minimum Gasteiger partial charge on any atom is -0.323 e. The van der Waals surface area contributed by atoms with E-state index in [4.69, 9.17) is 5.73 Å². The van der Waals surface area contributed by atoms with Gasteiger partial charge in [0.25, 0.3) is 0 Å². The zero-order chi connectivity index (χ0) is 13.0. The van der Waals surface area contributed by atoms with E-state index < -0.39 is 0 Å². The Bertz CT molecular complexity index is 505. The summed E-state index contributed by atoms with van der Waals surface area (Å²) in [4.78, 5) is 1.28. The largest absolute Gasteiger partial charge is 0.323 e. The first-order valence-electron chi connectivity index (χ1n) is 6.17. The Hall–Kier alpha value is -1.25. The van der Waals surface area contributed by atoms with Crippen LogP contribution in [0.5, 0.6) is 0 Å². The zero-order valence-corrected chi connectivity index (χ0v) is 11.7. The average molecular weight is 257 g/mol. The molecule has 2 rings (SSSR count). The van der Waals surface area contributed by atoms with Crippen LogP contribution in [0.4, 0.5) is 0 Å². The summed E-state index contributed by atoms with van der Waals surface area (Å²) in [5, 5.41) is 0. The molecule has 18 heavy (non-hydrogen) atoms. The number of hydrogen-bond donors (Lipinski definition) is 1. The molecule has 0 fully saturated rings. The summed E-state index contributed by atoms with van der Waals surface area (Å²) in [6.45, 7) is 4.22. The lowest BCUT2D eigenvalue weighted by Crippen LogP contribution is -2.14. The van der Waals surface area contributed by atoms with Gasteiger partial charge in [0.05, 0.1) is 0 Å². The van der Waals surface area contributed by atoms with Crippen molar-refractivity contribution in [2.45, 2.75) is 24.8 Å². The molecule has 0 heterocycles. The lowest BCUT2D eigenvalue weighted by molar-refractivity contribution is 0.823. The van der Waals surface area contributed by atoms with E-state index in [2.05, 4.69) is 62.4 Å². The Balaban J connectivity index is 1.98. The number of benzene rings is 2. The van der Waals surface area contributed by atoms with Crippen LogP contribution >= 0.6 is 11.8 Å². The van der Waals surface area contributed by atoms with Gasteiger partial charge in [-0.05, 0) is 37.1 Å². The molecule has 0 aliphatic heterocycles. The van der Waals surface area contributed by atoms with E-state index in [1.54, 1.807) is 0 Å². The first-order chi connectivity index (χ1) is 8.66. The molecule has 0 saturated heterocycles. The number of rotatable bonds is 4. The van der Waals surface area contributed by atoms with Gasteiger partial charge in [0, 0.05) is 16.7 Å². The van der Waals surface area contributed by atoms with Gasteiger partial charge in [0.1, 0.15) is 0 Å². The van der Waals surface area contributed by atoms with Crippen molar-refractivity contribution in [1.29, 1.82) is 0 Å². The first-order valence-corrected chi connectivity index (χ1v) is 7.16. The van der Waals surface area contributed by atoms with Crippen LogP contribution in [0.3, 0.4) is 0 Å². The van der Waals surface area contributed by atoms with Gasteiger partial charge in [-0.2, -0.15) is 0 Å². The smallest absolute Gasteiger partial charge is 0.0392 e. The lowest BCUT2D eigenvalue weighted by atomic mass is 10.0. The third-order valence-corrected chi connectivity index (χ3v) is 4.17. The maximum Gasteiger partial charge on any atom is 0.0392 e. The summed E-state index contributed by atoms with van der Waals surface area (Å²) in [5.41, 5.74) is 10.1. The molecule has 2 heteroatoms. The maximum atomic E-state index is 6.25. The van der Waals surface area contributed by atoms with Gasteiger partial charge in [-0.25, -0.2) is 0 Å². The van der Waals surface area contributed by atoms with Crippen molar-refractivity contribution in [2.24, 2.45) is 5.73 Å². The Morgan fingerprint density at radius 1 is 1.00 bits per heavy atom. The highest BCUT2D eigenvalue weighted by Crippen LogP contribution is 2.25. The van der Waals surface area contributed by atoms with Crippen LogP contribution in [0.1, 0.15) is 22.7 Å². The van der Waals surface area contributed by atoms with Gasteiger partial charge in [-0.3, -0.25) is 0 Å². The molecule has 2 aromatic carbocycles. The Kier molecular flexibility index (Phi) is 4.45. The first kappa shape index (κ1) is 13.2. The number of thioether (sulfide) groups is 1. The van der Waals surface area contributed by atoms with Crippen molar-refractivity contribution < 1.29 is 0 Å². The van der Waals surface area contributed by atoms with Gasteiger partial charge >= 0.3 is 0 Å². The second kappa shape index (κ2) is 6.07. The van der Waals surface area contributed by atoms with E-state index in [1.807, 2.05) is 11.8 Å². The molecule has 0 amide bonds. The summed E-state index contributed by atoms with van der Waals surface area (Å²) >= 11 is 1.82. The van der Waals surface area contributed by atoms with Crippen LogP contribution in [0, 0.1) is 13.8 Å². The predicted molar refractivity (Wildman–Crippen MR) is 80.0 cm³/mol. The fourth-order valence-corrected chi connectivity index (χ4v) is 2.79. The van der Waals surface area contributed by atoms with Crippen LogP contribution in [0.2, 0.25) is 0 Å². The molecule has 0 aromatic heterocycles. The van der Waals surface area contributed by atoms with Crippen LogP contribution in [0.25, 0.3) is 0 Å². The molecule has 2 aromatic rings. The van der Waals surface area contributed by atoms with Gasteiger partial charge in [0.15, 0.2) is 0 Å². The minimum absolute atomic E-state index is 0.0949. The van der Waals surface area contributed by atoms with Gasteiger partial charge in [-0.15, -0.1) is 11.8 Å². The highest BCUT2D eigenvalue weighted by Gasteiger charge is 2.08. The summed E-state index contributed by atoms with van der Waals surface area (Å²) in [6, 6.07) is 17.0. The van der Waals surface area contributed by atoms with E-state index in [0.717, 1.165) is 5.75 Å². The summed E-state index contributed by atoms with van der Waals surface area (Å²) in [5.74, 6) is 0.911. The monoisotopic (exact) mass is 257 g/mol. The summed E-state index contributed by atoms with van der Waals surface area (Å²) < 4.78 is 0. The quantitative estimate of drug-likeness (QED) is 0.835. The third-order valence-electron chi connectivity index (χ3n) is 3.04. The number of nitrogens with two attached hydrogens (primary N) is 1. The summed E-state index contributed by atoms with van der Waals surface area (Å²) in [6.07, 6.45) is 0. The SMILES string of the molecule is Cc1ccc(SCC(N)c2ccccc2C)cc1. The van der Waals surface area contributed by atoms with Crippen molar-refractivity contribution in [3.8, 4) is 0 Å². The van der Waals surface area contributed by atoms with E-state index in [1.165, 1.54) is 21.6 Å². The van der Waals surface area contributed by atoms with Crippen molar-refractivity contribution in [1.82, 2.24) is 0 Å². The minimum atomic E-state index is 0.0949. The van der Waals surface area contributed by atoms with Crippen molar-refractivity contribution in [3.05, 3.63) is 65.2 Å². The standard InChI is InChI=1S/C16H19NS/c1-12-7-9-14(10-8-12)18-11-16(17)15-6-4-3-5-13(15)2/h3-10,16H,11,17H2,1-2H3. The topological polar surface area (TPSA) is 26.0 Å². The van der Waals surface area contributed by atoms with Gasteiger partial charge < -0.3 is 5.73 Å². The molecule has 0 saturated carbocycles. The predicted octanol–water partition coefficient (Wildman–Crippen LogP) is 4.10. The molecule has 0 spiro atoms. The van der Waals surface area contributed by atoms with E-state index >= 15 is 0 Å². The molecule has 1 atom stereocenters. The molecule has 2 N–H and O–H groups in total. The molecule has 0 aliphatic carbocycles. The van der Waals surface area contributed by atoms with Crippen molar-refractivity contribution in [3.63, 3.8) is 0 Å². The van der Waals surface area contributed by atoms with E-state index in [0.29, 0.717) is 0 Å². The van der Waals surface area contributed by atoms with E-state index in [9.17, 15) is 0 Å². The molecule has 0 aliphatic rings. The normalized spacial score (nSPS) is 12.4. The van der Waals surface area contributed by atoms with Crippen LogP contribution < -0.4 is 5.73 Å². The highest BCUT2D eigenvalue weighted by atomic mass is 32.2. The second-order valence-electron chi connectivity index (χ2n) is 4.59. The Morgan fingerprint density at radius 2 is 1.67 bits per heavy atom. The maximum absolute atomic E-state index is 6.25. The molecule has 1 nitrogen and oxygen atoms in total. The van der Waals surface area contributed by atoms with Crippen molar-refractivity contribution >= 4 is 11.8 Å². The van der Waals surface area contributed by atoms with Gasteiger partial charge in [0.2, 0.25) is 0 Å². The second-order valence-corrected chi connectivity index (χ2v) is 5.68. The van der Waals surface area contributed by atoms with Crippen molar-refractivity contribution in [2.75, 3.05) is 5.75 Å². The molecule has 1 unspecified atom stereocenters. The Labute approximate surface area is 113 Å². The Morgan fingerprint density at radius 3 is 2.33 bits per heavy atom. The van der Waals surface area contributed by atoms with Crippen LogP contribution in [0.15, 0.2) is 53.4 Å². The molecule has 94 valence electrons. The van der Waals surface area contributed by atoms with Crippen LogP contribution in [-0.4, -0.2) is 5.75 Å². The highest BCUT2D eigenvalue weighted by molar-refractivity contribution is 7.99. The molecular formula is C16H19NS. The van der Waals surface area contributed by atoms with Gasteiger partial charge in [-0.1, -0.05) is 42.0 Å². The number of hydrogen-bond acceptors (Lipinski definition) is 2. The van der Waals surface area contributed by atoms with E-state index in [-0.39, 0.29) is 6.04 Å². The zero-order valence-electron chi connectivity index (χ0n) is 10.9. The third kappa shape index (κ3) is 3.37. The molecule has 0 radical (unpaired) electrons. The molecular weight excluding hydrogens is 238 g/mol. The lowest BCUT2D eigenvalue weighted by Gasteiger charge is -2.14. The summed E-state index contributed by atoms with van der Waals surface area (Å²) in [7, 11) is 0. The fourth-order valence-electron chi connectivity index (χ4n) is 1.91. The molecule has 0 bridgehead atoms. The van der Waals surface area contributed by atoms with Crippen LogP contribution in [-0.2, 0) is 0 Å². The number of aryl methyl sites for hydroxylation is 2. The average Bonchev–Trinajstić information content (AvgIpc) is 2.38. The fraction of sp³-hybridized carbons (Fsp3) is 0.250.